The summed E-state index contributed by atoms with van der Waals surface area (Å²) in [5.74, 6) is -0.909. The molecule has 0 aliphatic carbocycles. The Balaban J connectivity index is 2.29. The molecule has 2 N–H and O–H groups in total. The number of hydrogen-bond acceptors (Lipinski definition) is 3. The summed E-state index contributed by atoms with van der Waals surface area (Å²) in [5.41, 5.74) is 0. The lowest BCUT2D eigenvalue weighted by molar-refractivity contribution is -0.128. The first kappa shape index (κ1) is 15.2. The molecule has 6 heteroatoms. The first-order valence-electron chi connectivity index (χ1n) is 6.30. The molecule has 2 radical (unpaired) electrons. The second-order valence-corrected chi connectivity index (χ2v) is 4.68. The summed E-state index contributed by atoms with van der Waals surface area (Å²) in [7, 11) is 0. The standard InChI is InChI=1S/C13H20N4O2/c1-10(2)12(16-11(3)18)13(19)15-5-4-7-17-8-6-14-9-17/h3,6,8-10,12H,4-5,7H2,1-2H3,(H,15,19)(H,16,18). The van der Waals surface area contributed by atoms with E-state index in [9.17, 15) is 9.59 Å². The van der Waals surface area contributed by atoms with E-state index < -0.39 is 11.9 Å². The molecule has 2 amide bonds. The molecule has 0 fully saturated rings. The van der Waals surface area contributed by atoms with Crippen molar-refractivity contribution in [2.45, 2.75) is 32.9 Å². The molecule has 0 aliphatic rings. The van der Waals surface area contributed by atoms with E-state index in [0.717, 1.165) is 13.0 Å². The van der Waals surface area contributed by atoms with Crippen molar-refractivity contribution in [2.75, 3.05) is 6.54 Å². The Hall–Kier alpha value is -1.85. The van der Waals surface area contributed by atoms with Gasteiger partial charge >= 0.3 is 0 Å². The summed E-state index contributed by atoms with van der Waals surface area (Å²) in [6.07, 6.45) is 6.11. The molecule has 1 aromatic heterocycles. The lowest BCUT2D eigenvalue weighted by Crippen LogP contribution is -2.49. The molecule has 0 saturated carbocycles. The van der Waals surface area contributed by atoms with Crippen LogP contribution in [0.3, 0.4) is 0 Å². The van der Waals surface area contributed by atoms with Crippen molar-refractivity contribution < 1.29 is 9.59 Å². The molecular formula is C13H20N4O2. The Morgan fingerprint density at radius 3 is 2.68 bits per heavy atom. The van der Waals surface area contributed by atoms with E-state index >= 15 is 0 Å². The second-order valence-electron chi connectivity index (χ2n) is 4.68. The van der Waals surface area contributed by atoms with Gasteiger partial charge in [0.15, 0.2) is 0 Å². The molecule has 0 saturated heterocycles. The van der Waals surface area contributed by atoms with Gasteiger partial charge in [-0.2, -0.15) is 0 Å². The normalized spacial score (nSPS) is 12.2. The third-order valence-corrected chi connectivity index (χ3v) is 2.70. The Kier molecular flexibility index (Phi) is 6.05. The molecule has 0 aliphatic heterocycles. The summed E-state index contributed by atoms with van der Waals surface area (Å²) < 4.78 is 1.94. The highest BCUT2D eigenvalue weighted by atomic mass is 16.2. The third kappa shape index (κ3) is 5.54. The van der Waals surface area contributed by atoms with Crippen LogP contribution in [0.25, 0.3) is 0 Å². The monoisotopic (exact) mass is 264 g/mol. The summed E-state index contributed by atoms with van der Waals surface area (Å²) >= 11 is 0. The lowest BCUT2D eigenvalue weighted by Gasteiger charge is -2.20. The Morgan fingerprint density at radius 1 is 1.42 bits per heavy atom. The van der Waals surface area contributed by atoms with Crippen molar-refractivity contribution >= 4 is 11.8 Å². The van der Waals surface area contributed by atoms with E-state index in [2.05, 4.69) is 15.6 Å². The minimum Gasteiger partial charge on any atom is -0.354 e. The fourth-order valence-electron chi connectivity index (χ4n) is 1.69. The number of carbonyl (C=O) groups excluding carboxylic acids is 2. The lowest BCUT2D eigenvalue weighted by atomic mass is 10.0. The van der Waals surface area contributed by atoms with Crippen LogP contribution in [0.4, 0.5) is 0 Å². The molecule has 0 bridgehead atoms. The van der Waals surface area contributed by atoms with Gasteiger partial charge in [0.2, 0.25) is 11.8 Å². The van der Waals surface area contributed by atoms with Gasteiger partial charge in [-0.25, -0.2) is 4.98 Å². The zero-order valence-corrected chi connectivity index (χ0v) is 11.3. The van der Waals surface area contributed by atoms with Crippen LogP contribution in [0, 0.1) is 12.8 Å². The van der Waals surface area contributed by atoms with E-state index in [1.165, 1.54) is 0 Å². The molecule has 0 aromatic carbocycles. The number of amides is 2. The van der Waals surface area contributed by atoms with Crippen molar-refractivity contribution in [1.29, 1.82) is 0 Å². The van der Waals surface area contributed by atoms with Crippen LogP contribution in [0.2, 0.25) is 0 Å². The van der Waals surface area contributed by atoms with Crippen LogP contribution in [0.1, 0.15) is 20.3 Å². The number of aryl methyl sites for hydroxylation is 1. The Labute approximate surface area is 113 Å². The van der Waals surface area contributed by atoms with Crippen molar-refractivity contribution in [1.82, 2.24) is 20.2 Å². The van der Waals surface area contributed by atoms with Gasteiger partial charge in [0.05, 0.1) is 13.3 Å². The summed E-state index contributed by atoms with van der Waals surface area (Å²) in [6.45, 7) is 10.1. The van der Waals surface area contributed by atoms with E-state index in [1.54, 1.807) is 12.5 Å². The zero-order chi connectivity index (χ0) is 14.3. The van der Waals surface area contributed by atoms with Gasteiger partial charge in [-0.05, 0) is 12.3 Å². The molecule has 19 heavy (non-hydrogen) atoms. The largest absolute Gasteiger partial charge is 0.354 e. The van der Waals surface area contributed by atoms with Gasteiger partial charge in [-0.3, -0.25) is 9.59 Å². The molecule has 1 atom stereocenters. The molecule has 104 valence electrons. The van der Waals surface area contributed by atoms with Crippen LogP contribution in [-0.4, -0.2) is 34.0 Å². The fourth-order valence-corrected chi connectivity index (χ4v) is 1.69. The molecule has 1 aromatic rings. The van der Waals surface area contributed by atoms with E-state index in [4.69, 9.17) is 6.92 Å². The minimum atomic E-state index is -0.688. The van der Waals surface area contributed by atoms with Crippen LogP contribution in [-0.2, 0) is 16.1 Å². The number of carbonyl (C=O) groups is 2. The van der Waals surface area contributed by atoms with Gasteiger partial charge < -0.3 is 15.2 Å². The van der Waals surface area contributed by atoms with E-state index in [-0.39, 0.29) is 11.8 Å². The first-order chi connectivity index (χ1) is 9.00. The third-order valence-electron chi connectivity index (χ3n) is 2.70. The molecule has 1 heterocycles. The van der Waals surface area contributed by atoms with Crippen LogP contribution in [0.5, 0.6) is 0 Å². The number of hydrogen-bond donors (Lipinski definition) is 2. The van der Waals surface area contributed by atoms with Gasteiger partial charge in [0.1, 0.15) is 6.04 Å². The van der Waals surface area contributed by atoms with Crippen molar-refractivity contribution in [3.05, 3.63) is 25.6 Å². The van der Waals surface area contributed by atoms with Crippen molar-refractivity contribution in [3.8, 4) is 0 Å². The minimum absolute atomic E-state index is 0.0128. The number of aromatic nitrogens is 2. The van der Waals surface area contributed by atoms with Gasteiger partial charge in [-0.1, -0.05) is 13.8 Å². The number of rotatable bonds is 7. The predicted octanol–water partition coefficient (Wildman–Crippen LogP) is 0.241. The first-order valence-corrected chi connectivity index (χ1v) is 6.30. The van der Waals surface area contributed by atoms with Crippen molar-refractivity contribution in [3.63, 3.8) is 0 Å². The SMILES string of the molecule is [CH]C(=O)NC(C(=O)NCCCn1ccnc1)C(C)C. The zero-order valence-electron chi connectivity index (χ0n) is 11.3. The number of nitrogens with one attached hydrogen (secondary N) is 2. The molecule has 0 spiro atoms. The summed E-state index contributed by atoms with van der Waals surface area (Å²) in [5, 5.41) is 5.23. The van der Waals surface area contributed by atoms with Gasteiger partial charge in [-0.15, -0.1) is 0 Å². The molecule has 1 rings (SSSR count). The molecule has 6 nitrogen and oxygen atoms in total. The number of imidazole rings is 1. The highest BCUT2D eigenvalue weighted by Crippen LogP contribution is 2.01. The quantitative estimate of drug-likeness (QED) is 0.693. The maximum Gasteiger partial charge on any atom is 0.242 e. The maximum absolute atomic E-state index is 11.9. The van der Waals surface area contributed by atoms with Crippen LogP contribution < -0.4 is 10.6 Å². The number of nitrogens with zero attached hydrogens (tertiary/aromatic N) is 2. The summed E-state index contributed by atoms with van der Waals surface area (Å²) in [6, 6.07) is -0.592. The van der Waals surface area contributed by atoms with Crippen molar-refractivity contribution in [2.24, 2.45) is 5.92 Å². The topological polar surface area (TPSA) is 76.0 Å². The summed E-state index contributed by atoms with van der Waals surface area (Å²) in [4.78, 5) is 26.6. The van der Waals surface area contributed by atoms with E-state index in [0.29, 0.717) is 6.54 Å². The van der Waals surface area contributed by atoms with Gasteiger partial charge in [0, 0.05) is 25.5 Å². The van der Waals surface area contributed by atoms with Gasteiger partial charge in [0.25, 0.3) is 0 Å². The maximum atomic E-state index is 11.9. The molecular weight excluding hydrogens is 244 g/mol. The predicted molar refractivity (Wildman–Crippen MR) is 70.9 cm³/mol. The highest BCUT2D eigenvalue weighted by Gasteiger charge is 2.22. The average molecular weight is 264 g/mol. The van der Waals surface area contributed by atoms with Crippen LogP contribution in [0.15, 0.2) is 18.7 Å². The highest BCUT2D eigenvalue weighted by molar-refractivity contribution is 5.89. The Bertz CT molecular complexity index is 401. The average Bonchev–Trinajstić information content (AvgIpc) is 2.83. The molecule has 1 unspecified atom stereocenters. The second kappa shape index (κ2) is 7.56. The van der Waals surface area contributed by atoms with Crippen LogP contribution >= 0.6 is 0 Å². The smallest absolute Gasteiger partial charge is 0.242 e. The van der Waals surface area contributed by atoms with E-state index in [1.807, 2.05) is 24.6 Å². The fraction of sp³-hybridized carbons (Fsp3) is 0.538. The Morgan fingerprint density at radius 2 is 2.16 bits per heavy atom.